The van der Waals surface area contributed by atoms with E-state index in [0.29, 0.717) is 11.8 Å². The molecule has 2 aliphatic heterocycles. The van der Waals surface area contributed by atoms with Crippen LogP contribution in [-0.2, 0) is 9.53 Å². The highest BCUT2D eigenvalue weighted by Crippen LogP contribution is 2.66. The summed E-state index contributed by atoms with van der Waals surface area (Å²) in [6, 6.07) is 0.352. The van der Waals surface area contributed by atoms with Crippen LogP contribution >= 0.6 is 23.2 Å². The molecule has 3 unspecified atom stereocenters. The van der Waals surface area contributed by atoms with Gasteiger partial charge in [-0.15, -0.1) is 23.2 Å². The van der Waals surface area contributed by atoms with Crippen LogP contribution in [0.4, 0.5) is 0 Å². The Kier molecular flexibility index (Phi) is 2.91. The first kappa shape index (κ1) is 14.8. The third kappa shape index (κ3) is 1.55. The first-order chi connectivity index (χ1) is 11.0. The fraction of sp³-hybridized carbons (Fsp3) is 0.706. The molecule has 1 spiro atoms. The van der Waals surface area contributed by atoms with Gasteiger partial charge in [0.05, 0.1) is 5.38 Å². The van der Waals surface area contributed by atoms with Crippen LogP contribution in [0.25, 0.3) is 0 Å². The predicted molar refractivity (Wildman–Crippen MR) is 86.4 cm³/mol. The number of rotatable bonds is 0. The molecule has 4 nitrogen and oxygen atoms in total. The van der Waals surface area contributed by atoms with Crippen LogP contribution in [0.1, 0.15) is 12.8 Å². The number of ether oxygens (including phenoxy) is 1. The second-order valence-corrected chi connectivity index (χ2v) is 8.55. The molecule has 1 N–H and O–H groups in total. The SMILES string of the molecule is CN1CC[C@]23C4=C5O[C@H]2[C@@H](O)C=C[C@H]3[C@H]1CC4C(Cl)C(Cl)C5=O. The molecule has 23 heavy (non-hydrogen) atoms. The smallest absolute Gasteiger partial charge is 0.216 e. The van der Waals surface area contributed by atoms with Crippen LogP contribution in [0.15, 0.2) is 23.5 Å². The summed E-state index contributed by atoms with van der Waals surface area (Å²) in [7, 11) is 2.15. The van der Waals surface area contributed by atoms with Gasteiger partial charge < -0.3 is 14.7 Å². The van der Waals surface area contributed by atoms with E-state index in [2.05, 4.69) is 18.0 Å². The molecule has 0 amide bonds. The van der Waals surface area contributed by atoms with Crippen molar-refractivity contribution in [3.05, 3.63) is 23.5 Å². The number of allylic oxidation sites excluding steroid dienone is 1. The number of ketones is 1. The molecule has 0 radical (unpaired) electrons. The lowest BCUT2D eigenvalue weighted by atomic mass is 9.49. The molecule has 2 fully saturated rings. The molecule has 1 saturated carbocycles. The zero-order chi connectivity index (χ0) is 16.1. The minimum atomic E-state index is -0.746. The second-order valence-electron chi connectivity index (χ2n) is 7.57. The number of Topliss-reactive ketones (excluding diaryl/α,β-unsaturated/α-hetero) is 1. The van der Waals surface area contributed by atoms with Gasteiger partial charge in [0.15, 0.2) is 5.76 Å². The maximum atomic E-state index is 12.7. The van der Waals surface area contributed by atoms with E-state index in [1.54, 1.807) is 0 Å². The number of aliphatic hydroxyl groups is 1. The molecule has 0 aromatic carbocycles. The van der Waals surface area contributed by atoms with Crippen molar-refractivity contribution in [2.24, 2.45) is 17.3 Å². The van der Waals surface area contributed by atoms with E-state index in [0.717, 1.165) is 25.0 Å². The van der Waals surface area contributed by atoms with Crippen molar-refractivity contribution in [2.45, 2.75) is 41.8 Å². The number of piperidine rings is 1. The number of nitrogens with zero attached hydrogens (tertiary/aromatic N) is 1. The number of hydrogen-bond donors (Lipinski definition) is 1. The van der Waals surface area contributed by atoms with E-state index in [1.165, 1.54) is 0 Å². The van der Waals surface area contributed by atoms with E-state index in [4.69, 9.17) is 27.9 Å². The third-order valence-electron chi connectivity index (χ3n) is 6.78. The summed E-state index contributed by atoms with van der Waals surface area (Å²) in [6.07, 6.45) is 4.68. The first-order valence-electron chi connectivity index (χ1n) is 8.27. The number of carbonyl (C=O) groups is 1. The zero-order valence-electron chi connectivity index (χ0n) is 12.8. The van der Waals surface area contributed by atoms with Crippen molar-refractivity contribution in [3.63, 3.8) is 0 Å². The molecular formula is C17H19Cl2NO3. The molecule has 6 heteroatoms. The summed E-state index contributed by atoms with van der Waals surface area (Å²) < 4.78 is 6.07. The van der Waals surface area contributed by atoms with Crippen molar-refractivity contribution in [3.8, 4) is 0 Å². The van der Waals surface area contributed by atoms with Crippen LogP contribution in [0.5, 0.6) is 0 Å². The summed E-state index contributed by atoms with van der Waals surface area (Å²) >= 11 is 12.9. The number of likely N-dealkylation sites (tertiary alicyclic amines) is 1. The highest BCUT2D eigenvalue weighted by atomic mass is 35.5. The quantitative estimate of drug-likeness (QED) is 0.530. The average Bonchev–Trinajstić information content (AvgIpc) is 2.88. The second kappa shape index (κ2) is 4.54. The molecule has 8 atom stereocenters. The lowest BCUT2D eigenvalue weighted by Crippen LogP contribution is -2.64. The van der Waals surface area contributed by atoms with Gasteiger partial charge in [-0.25, -0.2) is 0 Å². The van der Waals surface area contributed by atoms with Gasteiger partial charge in [0, 0.05) is 23.3 Å². The number of halogens is 2. The Hall–Kier alpha value is -0.550. The summed E-state index contributed by atoms with van der Waals surface area (Å²) in [5, 5.41) is 9.37. The van der Waals surface area contributed by atoms with Crippen LogP contribution in [0.2, 0.25) is 0 Å². The van der Waals surface area contributed by atoms with Gasteiger partial charge in [-0.2, -0.15) is 0 Å². The molecule has 3 aliphatic carbocycles. The molecule has 0 aromatic rings. The molecule has 2 bridgehead atoms. The minimum Gasteiger partial charge on any atom is -0.483 e. The van der Waals surface area contributed by atoms with Crippen LogP contribution in [0.3, 0.4) is 0 Å². The molecule has 0 aromatic heterocycles. The normalized spacial score (nSPS) is 54.1. The largest absolute Gasteiger partial charge is 0.483 e. The topological polar surface area (TPSA) is 49.8 Å². The van der Waals surface area contributed by atoms with Gasteiger partial charge in [-0.05, 0) is 32.0 Å². The Balaban J connectivity index is 1.76. The molecule has 124 valence electrons. The Morgan fingerprint density at radius 2 is 2.17 bits per heavy atom. The molecule has 1 saturated heterocycles. The van der Waals surface area contributed by atoms with Gasteiger partial charge in [0.25, 0.3) is 0 Å². The van der Waals surface area contributed by atoms with Crippen molar-refractivity contribution < 1.29 is 14.6 Å². The first-order valence-corrected chi connectivity index (χ1v) is 9.14. The van der Waals surface area contributed by atoms with Gasteiger partial charge in [0.2, 0.25) is 5.78 Å². The number of aliphatic hydroxyl groups excluding tert-OH is 1. The molecule has 2 heterocycles. The molecule has 5 aliphatic rings. The van der Waals surface area contributed by atoms with E-state index in [1.807, 2.05) is 6.08 Å². The predicted octanol–water partition coefficient (Wildman–Crippen LogP) is 1.69. The van der Waals surface area contributed by atoms with E-state index in [9.17, 15) is 9.90 Å². The van der Waals surface area contributed by atoms with Gasteiger partial charge in [-0.1, -0.05) is 12.2 Å². The minimum absolute atomic E-state index is 0.0552. The van der Waals surface area contributed by atoms with E-state index >= 15 is 0 Å². The zero-order valence-corrected chi connectivity index (χ0v) is 14.3. The Morgan fingerprint density at radius 3 is 2.96 bits per heavy atom. The van der Waals surface area contributed by atoms with E-state index in [-0.39, 0.29) is 29.1 Å². The van der Waals surface area contributed by atoms with Gasteiger partial charge >= 0.3 is 0 Å². The molecular weight excluding hydrogens is 337 g/mol. The third-order valence-corrected chi connectivity index (χ3v) is 7.94. The maximum absolute atomic E-state index is 12.7. The molecule has 5 rings (SSSR count). The monoisotopic (exact) mass is 355 g/mol. The summed E-state index contributed by atoms with van der Waals surface area (Å²) in [5.41, 5.74) is 0.769. The van der Waals surface area contributed by atoms with E-state index < -0.39 is 16.9 Å². The standard InChI is InChI=1S/C17H19Cl2NO3/c1-20-5-4-17-8-2-3-10(21)16(17)23-15-11(17)7(6-9(8)20)12(18)13(19)14(15)22/h2-3,7-10,12-13,16,21H,4-6H2,1H3/t7?,8-,9+,10-,12?,13?,16-,17-/m0/s1. The van der Waals surface area contributed by atoms with Crippen molar-refractivity contribution in [1.29, 1.82) is 0 Å². The lowest BCUT2D eigenvalue weighted by molar-refractivity contribution is -0.122. The Labute approximate surface area is 145 Å². The number of alkyl halides is 2. The van der Waals surface area contributed by atoms with Crippen LogP contribution in [-0.4, -0.2) is 58.4 Å². The Morgan fingerprint density at radius 1 is 1.39 bits per heavy atom. The summed E-state index contributed by atoms with van der Waals surface area (Å²) in [4.78, 5) is 15.0. The number of hydrogen-bond acceptors (Lipinski definition) is 4. The maximum Gasteiger partial charge on any atom is 0.216 e. The van der Waals surface area contributed by atoms with Gasteiger partial charge in [0.1, 0.15) is 17.6 Å². The van der Waals surface area contributed by atoms with Crippen LogP contribution < -0.4 is 0 Å². The fourth-order valence-electron chi connectivity index (χ4n) is 5.80. The average molecular weight is 356 g/mol. The summed E-state index contributed by atoms with van der Waals surface area (Å²) in [5.74, 6) is 0.527. The fourth-order valence-corrected chi connectivity index (χ4v) is 6.42. The highest BCUT2D eigenvalue weighted by Gasteiger charge is 2.69. The number of carbonyl (C=O) groups excluding carboxylic acids is 1. The highest BCUT2D eigenvalue weighted by molar-refractivity contribution is 6.40. The van der Waals surface area contributed by atoms with Crippen molar-refractivity contribution in [1.82, 2.24) is 4.90 Å². The lowest BCUT2D eigenvalue weighted by Gasteiger charge is -2.60. The van der Waals surface area contributed by atoms with Crippen LogP contribution in [0, 0.1) is 17.3 Å². The Bertz CT molecular complexity index is 662. The summed E-state index contributed by atoms with van der Waals surface area (Å²) in [6.45, 7) is 0.941. The van der Waals surface area contributed by atoms with Crippen molar-refractivity contribution >= 4 is 29.0 Å². The van der Waals surface area contributed by atoms with Gasteiger partial charge in [-0.3, -0.25) is 4.79 Å². The van der Waals surface area contributed by atoms with Crippen molar-refractivity contribution in [2.75, 3.05) is 13.6 Å².